The van der Waals surface area contributed by atoms with Crippen LogP contribution < -0.4 is 0 Å². The van der Waals surface area contributed by atoms with E-state index in [-0.39, 0.29) is 11.2 Å². The average Bonchev–Trinajstić information content (AvgIpc) is 2.94. The van der Waals surface area contributed by atoms with Crippen molar-refractivity contribution >= 4 is 0 Å². The summed E-state index contributed by atoms with van der Waals surface area (Å²) in [6.07, 6.45) is 3.21. The smallest absolute Gasteiger partial charge is 0.164 e. The topological polar surface area (TPSA) is 37.9 Å². The van der Waals surface area contributed by atoms with Crippen LogP contribution in [0.2, 0.25) is 0 Å². The fourth-order valence-electron chi connectivity index (χ4n) is 1.56. The van der Waals surface area contributed by atoms with E-state index in [0.717, 1.165) is 12.8 Å². The van der Waals surface area contributed by atoms with Gasteiger partial charge < -0.3 is 4.74 Å². The highest BCUT2D eigenvalue weighted by Gasteiger charge is 2.47. The lowest BCUT2D eigenvalue weighted by molar-refractivity contribution is 0.123. The minimum absolute atomic E-state index is 0.101. The number of hydrogen-bond donors (Lipinski definition) is 1. The molecule has 3 nitrogen and oxygen atoms in total. The molecule has 1 aromatic heterocycles. The van der Waals surface area contributed by atoms with Crippen molar-refractivity contribution < 1.29 is 9.13 Å². The van der Waals surface area contributed by atoms with Crippen molar-refractivity contribution in [3.05, 3.63) is 17.7 Å². The third-order valence-electron chi connectivity index (χ3n) is 2.56. The van der Waals surface area contributed by atoms with Crippen LogP contribution in [0.3, 0.4) is 0 Å². The number of aromatic nitrogens is 2. The molecule has 0 spiro atoms. The summed E-state index contributed by atoms with van der Waals surface area (Å²) in [5.74, 6) is -0.239. The maximum absolute atomic E-state index is 13.2. The predicted molar refractivity (Wildman–Crippen MR) is 57.3 cm³/mol. The van der Waals surface area contributed by atoms with Crippen LogP contribution in [-0.2, 0) is 10.2 Å². The van der Waals surface area contributed by atoms with Crippen LogP contribution in [0.4, 0.5) is 4.39 Å². The predicted octanol–water partition coefficient (Wildman–Crippen LogP) is 2.64. The van der Waals surface area contributed by atoms with Crippen LogP contribution in [0.25, 0.3) is 0 Å². The molecule has 0 atom stereocenters. The minimum Gasteiger partial charge on any atom is -0.381 e. The zero-order chi connectivity index (χ0) is 11.3. The quantitative estimate of drug-likeness (QED) is 0.836. The number of H-pyrrole nitrogens is 1. The number of nitrogens with one attached hydrogen (secondary N) is 1. The van der Waals surface area contributed by atoms with E-state index in [2.05, 4.69) is 10.2 Å². The van der Waals surface area contributed by atoms with Gasteiger partial charge in [-0.2, -0.15) is 5.10 Å². The molecule has 1 N–H and O–H groups in total. The molecular formula is C11H19FN2O. The van der Waals surface area contributed by atoms with Crippen LogP contribution in [0, 0.1) is 5.82 Å². The molecule has 86 valence electrons. The van der Waals surface area contributed by atoms with Crippen molar-refractivity contribution in [3.8, 4) is 0 Å². The molecule has 15 heavy (non-hydrogen) atoms. The van der Waals surface area contributed by atoms with Crippen molar-refractivity contribution in [2.45, 2.75) is 39.0 Å². The molecule has 0 amide bonds. The molecular weight excluding hydrogens is 195 g/mol. The molecule has 0 aromatic carbocycles. The Hall–Kier alpha value is -0.900. The standard InChI is InChI=1S/C9H13FN2O.C2H6/c1-2-13-6-9(3-4-9)8-7(10)5-11-12-8;1-2/h5H,2-4,6H2,1H3,(H,11,12);1-2H3. The van der Waals surface area contributed by atoms with Gasteiger partial charge >= 0.3 is 0 Å². The van der Waals surface area contributed by atoms with Crippen LogP contribution >= 0.6 is 0 Å². The summed E-state index contributed by atoms with van der Waals surface area (Å²) in [6.45, 7) is 7.22. The number of aromatic amines is 1. The lowest BCUT2D eigenvalue weighted by Gasteiger charge is -2.12. The van der Waals surface area contributed by atoms with Crippen molar-refractivity contribution in [1.29, 1.82) is 0 Å². The molecule has 1 aliphatic rings. The molecule has 1 heterocycles. The van der Waals surface area contributed by atoms with E-state index >= 15 is 0 Å². The molecule has 1 saturated carbocycles. The van der Waals surface area contributed by atoms with E-state index in [1.165, 1.54) is 6.20 Å². The van der Waals surface area contributed by atoms with E-state index in [9.17, 15) is 4.39 Å². The van der Waals surface area contributed by atoms with E-state index in [1.54, 1.807) is 0 Å². The number of rotatable bonds is 4. The third-order valence-corrected chi connectivity index (χ3v) is 2.56. The van der Waals surface area contributed by atoms with E-state index in [1.807, 2.05) is 20.8 Å². The zero-order valence-corrected chi connectivity index (χ0v) is 9.64. The fraction of sp³-hybridized carbons (Fsp3) is 0.727. The number of nitrogens with zero attached hydrogens (tertiary/aromatic N) is 1. The van der Waals surface area contributed by atoms with Gasteiger partial charge in [0.1, 0.15) is 0 Å². The van der Waals surface area contributed by atoms with Gasteiger partial charge in [-0.05, 0) is 19.8 Å². The lowest BCUT2D eigenvalue weighted by atomic mass is 10.0. The lowest BCUT2D eigenvalue weighted by Crippen LogP contribution is -2.17. The van der Waals surface area contributed by atoms with Crippen molar-refractivity contribution in [3.63, 3.8) is 0 Å². The summed E-state index contributed by atoms with van der Waals surface area (Å²) in [4.78, 5) is 0. The summed E-state index contributed by atoms with van der Waals surface area (Å²) in [7, 11) is 0. The summed E-state index contributed by atoms with van der Waals surface area (Å²) in [6, 6.07) is 0. The molecule has 0 aliphatic heterocycles. The van der Waals surface area contributed by atoms with Gasteiger partial charge in [-0.3, -0.25) is 5.10 Å². The van der Waals surface area contributed by atoms with Gasteiger partial charge in [0.15, 0.2) is 5.82 Å². The molecule has 0 radical (unpaired) electrons. The summed E-state index contributed by atoms with van der Waals surface area (Å²) in [5.41, 5.74) is 0.511. The van der Waals surface area contributed by atoms with Gasteiger partial charge in [0, 0.05) is 12.0 Å². The Morgan fingerprint density at radius 2 is 2.20 bits per heavy atom. The van der Waals surface area contributed by atoms with Crippen molar-refractivity contribution in [1.82, 2.24) is 10.2 Å². The Morgan fingerprint density at radius 3 is 2.60 bits per heavy atom. The van der Waals surface area contributed by atoms with Gasteiger partial charge in [0.25, 0.3) is 0 Å². The molecule has 0 unspecified atom stereocenters. The van der Waals surface area contributed by atoms with Gasteiger partial charge in [-0.1, -0.05) is 13.8 Å². The molecule has 4 heteroatoms. The first-order chi connectivity index (χ1) is 7.28. The highest BCUT2D eigenvalue weighted by atomic mass is 19.1. The monoisotopic (exact) mass is 214 g/mol. The van der Waals surface area contributed by atoms with Crippen LogP contribution in [-0.4, -0.2) is 23.4 Å². The first-order valence-electron chi connectivity index (χ1n) is 5.55. The molecule has 0 bridgehead atoms. The fourth-order valence-corrected chi connectivity index (χ4v) is 1.56. The normalized spacial score (nSPS) is 16.8. The molecule has 0 saturated heterocycles. The SMILES string of the molecule is CC.CCOCC1(c2[nH]ncc2F)CC1. The number of ether oxygens (including phenoxy) is 1. The molecule has 2 rings (SSSR count). The first-order valence-corrected chi connectivity index (χ1v) is 5.55. The first kappa shape index (κ1) is 12.2. The second kappa shape index (κ2) is 5.26. The van der Waals surface area contributed by atoms with Gasteiger partial charge in [-0.25, -0.2) is 4.39 Å². The van der Waals surface area contributed by atoms with Crippen LogP contribution in [0.5, 0.6) is 0 Å². The summed E-state index contributed by atoms with van der Waals surface area (Å²) >= 11 is 0. The van der Waals surface area contributed by atoms with Crippen LogP contribution in [0.1, 0.15) is 39.3 Å². The van der Waals surface area contributed by atoms with Gasteiger partial charge in [0.2, 0.25) is 0 Å². The summed E-state index contributed by atoms with van der Waals surface area (Å²) in [5, 5.41) is 6.39. The highest BCUT2D eigenvalue weighted by molar-refractivity contribution is 5.24. The third kappa shape index (κ3) is 2.56. The Labute approximate surface area is 90.0 Å². The molecule has 1 aliphatic carbocycles. The maximum Gasteiger partial charge on any atom is 0.164 e. The maximum atomic E-state index is 13.2. The molecule has 1 fully saturated rings. The van der Waals surface area contributed by atoms with E-state index in [4.69, 9.17) is 4.74 Å². The molecule has 1 aromatic rings. The number of halogens is 1. The Kier molecular flexibility index (Phi) is 4.27. The average molecular weight is 214 g/mol. The van der Waals surface area contributed by atoms with Gasteiger partial charge in [-0.15, -0.1) is 0 Å². The Morgan fingerprint density at radius 1 is 1.53 bits per heavy atom. The Bertz CT molecular complexity index is 295. The summed E-state index contributed by atoms with van der Waals surface area (Å²) < 4.78 is 18.5. The highest BCUT2D eigenvalue weighted by Crippen LogP contribution is 2.48. The van der Waals surface area contributed by atoms with Crippen LogP contribution in [0.15, 0.2) is 6.20 Å². The zero-order valence-electron chi connectivity index (χ0n) is 9.64. The Balaban J connectivity index is 0.000000531. The van der Waals surface area contributed by atoms with Crippen molar-refractivity contribution in [2.24, 2.45) is 0 Å². The van der Waals surface area contributed by atoms with Crippen molar-refractivity contribution in [2.75, 3.05) is 13.2 Å². The second-order valence-corrected chi connectivity index (χ2v) is 3.51. The van der Waals surface area contributed by atoms with E-state index in [0.29, 0.717) is 18.9 Å². The van der Waals surface area contributed by atoms with E-state index < -0.39 is 0 Å². The van der Waals surface area contributed by atoms with Gasteiger partial charge in [0.05, 0.1) is 18.5 Å². The number of hydrogen-bond acceptors (Lipinski definition) is 2. The minimum atomic E-state index is -0.239. The second-order valence-electron chi connectivity index (χ2n) is 3.51. The largest absolute Gasteiger partial charge is 0.381 e.